The molecule has 1 unspecified atom stereocenters. The Bertz CT molecular complexity index is 632. The Balaban J connectivity index is 1.97. The SMILES string of the molecule is CCCNC(C1=CCCO1)c1cc2cccc(Br)c2o1. The maximum atomic E-state index is 6.04. The molecule has 0 saturated carbocycles. The van der Waals surface area contributed by atoms with E-state index in [1.165, 1.54) is 0 Å². The van der Waals surface area contributed by atoms with E-state index < -0.39 is 0 Å². The summed E-state index contributed by atoms with van der Waals surface area (Å²) >= 11 is 3.54. The minimum Gasteiger partial charge on any atom is -0.496 e. The Hall–Kier alpha value is -1.26. The van der Waals surface area contributed by atoms with E-state index >= 15 is 0 Å². The van der Waals surface area contributed by atoms with Crippen LogP contribution in [0.1, 0.15) is 31.6 Å². The Labute approximate surface area is 127 Å². The zero-order chi connectivity index (χ0) is 13.9. The van der Waals surface area contributed by atoms with Crippen LogP contribution in [0.5, 0.6) is 0 Å². The van der Waals surface area contributed by atoms with Crippen molar-refractivity contribution in [3.63, 3.8) is 0 Å². The molecule has 1 aliphatic rings. The Kier molecular flexibility index (Phi) is 4.13. The third kappa shape index (κ3) is 2.63. The van der Waals surface area contributed by atoms with Crippen molar-refractivity contribution in [1.82, 2.24) is 5.32 Å². The van der Waals surface area contributed by atoms with Crippen molar-refractivity contribution in [2.75, 3.05) is 13.2 Å². The van der Waals surface area contributed by atoms with Gasteiger partial charge in [-0.1, -0.05) is 19.1 Å². The summed E-state index contributed by atoms with van der Waals surface area (Å²) in [5.41, 5.74) is 0.893. The van der Waals surface area contributed by atoms with Gasteiger partial charge in [0.2, 0.25) is 0 Å². The smallest absolute Gasteiger partial charge is 0.148 e. The van der Waals surface area contributed by atoms with Crippen LogP contribution in [0.15, 0.2) is 45.0 Å². The van der Waals surface area contributed by atoms with E-state index in [1.807, 2.05) is 12.1 Å². The first-order chi connectivity index (χ1) is 9.79. The van der Waals surface area contributed by atoms with Gasteiger partial charge >= 0.3 is 0 Å². The predicted molar refractivity (Wildman–Crippen MR) is 83.6 cm³/mol. The fourth-order valence-corrected chi connectivity index (χ4v) is 2.92. The van der Waals surface area contributed by atoms with Crippen LogP contribution in [-0.2, 0) is 4.74 Å². The molecule has 1 atom stereocenters. The van der Waals surface area contributed by atoms with Crippen LogP contribution >= 0.6 is 15.9 Å². The Morgan fingerprint density at radius 1 is 1.40 bits per heavy atom. The van der Waals surface area contributed by atoms with Gasteiger partial charge in [0.1, 0.15) is 23.1 Å². The number of fused-ring (bicyclic) bond motifs is 1. The summed E-state index contributed by atoms with van der Waals surface area (Å²) in [5, 5.41) is 4.61. The van der Waals surface area contributed by atoms with Crippen molar-refractivity contribution < 1.29 is 9.15 Å². The van der Waals surface area contributed by atoms with E-state index in [0.717, 1.165) is 53.0 Å². The summed E-state index contributed by atoms with van der Waals surface area (Å²) in [4.78, 5) is 0. The molecule has 1 aromatic heterocycles. The zero-order valence-corrected chi connectivity index (χ0v) is 13.1. The van der Waals surface area contributed by atoms with Gasteiger partial charge in [-0.05, 0) is 47.1 Å². The minimum atomic E-state index is 0.0109. The summed E-state index contributed by atoms with van der Waals surface area (Å²) in [6, 6.07) is 8.18. The summed E-state index contributed by atoms with van der Waals surface area (Å²) in [7, 11) is 0. The second kappa shape index (κ2) is 6.02. The molecular weight excluding hydrogens is 318 g/mol. The lowest BCUT2D eigenvalue weighted by atomic mass is 10.1. The van der Waals surface area contributed by atoms with Gasteiger partial charge in [0.25, 0.3) is 0 Å². The van der Waals surface area contributed by atoms with E-state index in [9.17, 15) is 0 Å². The highest BCUT2D eigenvalue weighted by molar-refractivity contribution is 9.10. The highest BCUT2D eigenvalue weighted by atomic mass is 79.9. The average Bonchev–Trinajstić information content (AvgIpc) is 3.09. The van der Waals surface area contributed by atoms with Crippen LogP contribution in [0, 0.1) is 0 Å². The van der Waals surface area contributed by atoms with E-state index in [0.29, 0.717) is 0 Å². The number of hydrogen-bond acceptors (Lipinski definition) is 3. The highest BCUT2D eigenvalue weighted by Gasteiger charge is 2.24. The minimum absolute atomic E-state index is 0.0109. The quantitative estimate of drug-likeness (QED) is 0.870. The van der Waals surface area contributed by atoms with Gasteiger partial charge in [-0.3, -0.25) is 0 Å². The van der Waals surface area contributed by atoms with Gasteiger partial charge in [-0.15, -0.1) is 0 Å². The molecule has 0 saturated heterocycles. The third-order valence-electron chi connectivity index (χ3n) is 3.41. The van der Waals surface area contributed by atoms with Crippen LogP contribution in [0.4, 0.5) is 0 Å². The molecule has 106 valence electrons. The first kappa shape index (κ1) is 13.7. The normalized spacial score (nSPS) is 16.2. The van der Waals surface area contributed by atoms with E-state index in [-0.39, 0.29) is 6.04 Å². The lowest BCUT2D eigenvalue weighted by molar-refractivity contribution is 0.208. The summed E-state index contributed by atoms with van der Waals surface area (Å²) < 4.78 is 12.7. The molecule has 20 heavy (non-hydrogen) atoms. The van der Waals surface area contributed by atoms with Gasteiger partial charge in [0.15, 0.2) is 0 Å². The Morgan fingerprint density at radius 2 is 2.30 bits per heavy atom. The first-order valence-electron chi connectivity index (χ1n) is 7.04. The second-order valence-electron chi connectivity index (χ2n) is 4.94. The zero-order valence-electron chi connectivity index (χ0n) is 11.5. The maximum Gasteiger partial charge on any atom is 0.148 e. The van der Waals surface area contributed by atoms with Gasteiger partial charge in [-0.25, -0.2) is 0 Å². The van der Waals surface area contributed by atoms with Gasteiger partial charge in [0, 0.05) is 11.8 Å². The number of hydrogen-bond donors (Lipinski definition) is 1. The highest BCUT2D eigenvalue weighted by Crippen LogP contribution is 2.33. The van der Waals surface area contributed by atoms with Crippen LogP contribution in [0.3, 0.4) is 0 Å². The lowest BCUT2D eigenvalue weighted by Gasteiger charge is -2.17. The Morgan fingerprint density at radius 3 is 3.00 bits per heavy atom. The maximum absolute atomic E-state index is 6.04. The van der Waals surface area contributed by atoms with Crippen molar-refractivity contribution in [1.29, 1.82) is 0 Å². The molecule has 3 rings (SSSR count). The molecule has 0 radical (unpaired) electrons. The first-order valence-corrected chi connectivity index (χ1v) is 7.83. The third-order valence-corrected chi connectivity index (χ3v) is 4.04. The fourth-order valence-electron chi connectivity index (χ4n) is 2.46. The molecule has 2 aromatic rings. The summed E-state index contributed by atoms with van der Waals surface area (Å²) in [6.45, 7) is 3.86. The van der Waals surface area contributed by atoms with E-state index in [4.69, 9.17) is 9.15 Å². The molecule has 0 bridgehead atoms. The monoisotopic (exact) mass is 335 g/mol. The van der Waals surface area contributed by atoms with E-state index in [1.54, 1.807) is 0 Å². The van der Waals surface area contributed by atoms with Gasteiger partial charge in [0.05, 0.1) is 11.1 Å². The lowest BCUT2D eigenvalue weighted by Crippen LogP contribution is -2.23. The van der Waals surface area contributed by atoms with Gasteiger partial charge < -0.3 is 14.5 Å². The average molecular weight is 336 g/mol. The molecule has 0 fully saturated rings. The van der Waals surface area contributed by atoms with Crippen molar-refractivity contribution in [2.45, 2.75) is 25.8 Å². The number of ether oxygens (including phenoxy) is 1. The van der Waals surface area contributed by atoms with Crippen molar-refractivity contribution in [3.8, 4) is 0 Å². The van der Waals surface area contributed by atoms with Gasteiger partial charge in [-0.2, -0.15) is 0 Å². The van der Waals surface area contributed by atoms with Crippen molar-refractivity contribution in [3.05, 3.63) is 46.3 Å². The molecule has 1 aromatic carbocycles. The van der Waals surface area contributed by atoms with Crippen LogP contribution in [-0.4, -0.2) is 13.2 Å². The molecule has 3 nitrogen and oxygen atoms in total. The summed E-state index contributed by atoms with van der Waals surface area (Å²) in [5.74, 6) is 1.89. The molecule has 0 spiro atoms. The number of furan rings is 1. The van der Waals surface area contributed by atoms with Crippen molar-refractivity contribution in [2.24, 2.45) is 0 Å². The standard InChI is InChI=1S/C16H18BrNO2/c1-2-8-18-15(13-7-4-9-19-13)14-10-11-5-3-6-12(17)16(11)20-14/h3,5-7,10,15,18H,2,4,8-9H2,1H3. The van der Waals surface area contributed by atoms with E-state index in [2.05, 4.69) is 46.4 Å². The number of halogens is 1. The fraction of sp³-hybridized carbons (Fsp3) is 0.375. The summed E-state index contributed by atoms with van der Waals surface area (Å²) in [6.07, 6.45) is 4.20. The van der Waals surface area contributed by atoms with Crippen LogP contribution < -0.4 is 5.32 Å². The van der Waals surface area contributed by atoms with Crippen molar-refractivity contribution >= 4 is 26.9 Å². The molecule has 1 aliphatic heterocycles. The molecular formula is C16H18BrNO2. The van der Waals surface area contributed by atoms with Crippen LogP contribution in [0.25, 0.3) is 11.0 Å². The molecule has 0 aliphatic carbocycles. The predicted octanol–water partition coefficient (Wildman–Crippen LogP) is 4.54. The topological polar surface area (TPSA) is 34.4 Å². The van der Waals surface area contributed by atoms with Crippen LogP contribution in [0.2, 0.25) is 0 Å². The number of rotatable bonds is 5. The molecule has 1 N–H and O–H groups in total. The molecule has 0 amide bonds. The molecule has 4 heteroatoms. The number of para-hydroxylation sites is 1. The number of benzene rings is 1. The largest absolute Gasteiger partial charge is 0.496 e. The molecule has 2 heterocycles. The number of nitrogens with one attached hydrogen (secondary N) is 1. The second-order valence-corrected chi connectivity index (χ2v) is 5.79.